The highest BCUT2D eigenvalue weighted by molar-refractivity contribution is 6.09. The number of benzene rings is 1. The van der Waals surface area contributed by atoms with Crippen LogP contribution in [0, 0.1) is 11.7 Å². The third-order valence-electron chi connectivity index (χ3n) is 5.36. The summed E-state index contributed by atoms with van der Waals surface area (Å²) in [6.07, 6.45) is 3.39. The quantitative estimate of drug-likeness (QED) is 0.710. The van der Waals surface area contributed by atoms with Crippen molar-refractivity contribution in [1.82, 2.24) is 15.1 Å². The third kappa shape index (κ3) is 3.82. The average molecular weight is 375 g/mol. The molecule has 0 aromatic heterocycles. The van der Waals surface area contributed by atoms with E-state index in [4.69, 9.17) is 0 Å². The molecule has 0 bridgehead atoms. The first-order valence-corrected chi connectivity index (χ1v) is 9.59. The van der Waals surface area contributed by atoms with Crippen molar-refractivity contribution >= 4 is 17.8 Å². The van der Waals surface area contributed by atoms with Crippen LogP contribution in [0.3, 0.4) is 0 Å². The van der Waals surface area contributed by atoms with E-state index < -0.39 is 23.3 Å². The molecule has 2 fully saturated rings. The predicted octanol–water partition coefficient (Wildman–Crippen LogP) is 2.63. The molecule has 0 radical (unpaired) electrons. The maximum Gasteiger partial charge on any atom is 0.325 e. The first-order valence-electron chi connectivity index (χ1n) is 9.59. The van der Waals surface area contributed by atoms with E-state index in [1.807, 2.05) is 6.92 Å². The lowest BCUT2D eigenvalue weighted by molar-refractivity contribution is -0.139. The Hall–Kier alpha value is -2.44. The molecule has 1 aromatic carbocycles. The summed E-state index contributed by atoms with van der Waals surface area (Å²) in [7, 11) is 0. The molecule has 1 saturated heterocycles. The molecular weight excluding hydrogens is 349 g/mol. The minimum atomic E-state index is -1.25. The van der Waals surface area contributed by atoms with Crippen molar-refractivity contribution in [3.05, 3.63) is 35.6 Å². The van der Waals surface area contributed by atoms with E-state index in [0.29, 0.717) is 31.0 Å². The van der Waals surface area contributed by atoms with Crippen LogP contribution in [-0.4, -0.2) is 47.3 Å². The Morgan fingerprint density at radius 3 is 2.48 bits per heavy atom. The molecule has 3 rings (SSSR count). The minimum Gasteiger partial charge on any atom is -0.341 e. The van der Waals surface area contributed by atoms with Gasteiger partial charge in [-0.15, -0.1) is 0 Å². The van der Waals surface area contributed by atoms with Gasteiger partial charge in [0.05, 0.1) is 0 Å². The van der Waals surface area contributed by atoms with Gasteiger partial charge in [-0.05, 0) is 49.3 Å². The van der Waals surface area contributed by atoms with Gasteiger partial charge in [0.1, 0.15) is 17.9 Å². The molecule has 1 aromatic rings. The summed E-state index contributed by atoms with van der Waals surface area (Å²) in [5.74, 6) is -0.544. The molecule has 0 unspecified atom stereocenters. The van der Waals surface area contributed by atoms with Gasteiger partial charge in [-0.1, -0.05) is 26.0 Å². The number of urea groups is 1. The van der Waals surface area contributed by atoms with Crippen molar-refractivity contribution in [2.24, 2.45) is 5.92 Å². The number of carbonyl (C=O) groups excluding carboxylic acids is 3. The van der Waals surface area contributed by atoms with Crippen LogP contribution in [0.25, 0.3) is 0 Å². The number of imide groups is 1. The number of rotatable bonds is 8. The minimum absolute atomic E-state index is 0.210. The van der Waals surface area contributed by atoms with Crippen LogP contribution in [0.15, 0.2) is 24.3 Å². The van der Waals surface area contributed by atoms with E-state index in [-0.39, 0.29) is 12.5 Å². The SMILES string of the molecule is CCCN(CC1CC1)C(=O)CN1C(=O)N[C@](CC)(c2ccc(F)cc2)C1=O. The Balaban J connectivity index is 1.78. The van der Waals surface area contributed by atoms with E-state index in [0.717, 1.165) is 24.2 Å². The second-order valence-corrected chi connectivity index (χ2v) is 7.37. The lowest BCUT2D eigenvalue weighted by Crippen LogP contribution is -2.46. The van der Waals surface area contributed by atoms with Crippen LogP contribution in [0.5, 0.6) is 0 Å². The summed E-state index contributed by atoms with van der Waals surface area (Å²) in [4.78, 5) is 41.1. The topological polar surface area (TPSA) is 69.7 Å². The zero-order chi connectivity index (χ0) is 19.6. The van der Waals surface area contributed by atoms with Crippen molar-refractivity contribution < 1.29 is 18.8 Å². The maximum atomic E-state index is 13.3. The van der Waals surface area contributed by atoms with Gasteiger partial charge < -0.3 is 10.2 Å². The van der Waals surface area contributed by atoms with Crippen molar-refractivity contribution in [2.75, 3.05) is 19.6 Å². The molecule has 7 heteroatoms. The fourth-order valence-corrected chi connectivity index (χ4v) is 3.58. The molecular formula is C20H26FN3O3. The third-order valence-corrected chi connectivity index (χ3v) is 5.36. The second-order valence-electron chi connectivity index (χ2n) is 7.37. The number of nitrogens with one attached hydrogen (secondary N) is 1. The molecule has 1 heterocycles. The Kier molecular flexibility index (Phi) is 5.48. The Bertz CT molecular complexity index is 732. The normalized spacial score (nSPS) is 22.1. The van der Waals surface area contributed by atoms with Gasteiger partial charge in [-0.2, -0.15) is 0 Å². The number of amides is 4. The number of carbonyl (C=O) groups is 3. The zero-order valence-corrected chi connectivity index (χ0v) is 15.8. The molecule has 1 aliphatic carbocycles. The molecule has 1 N–H and O–H groups in total. The predicted molar refractivity (Wildman–Crippen MR) is 98.2 cm³/mol. The maximum absolute atomic E-state index is 13.3. The molecule has 0 spiro atoms. The highest BCUT2D eigenvalue weighted by Crippen LogP contribution is 2.33. The largest absolute Gasteiger partial charge is 0.341 e. The summed E-state index contributed by atoms with van der Waals surface area (Å²) in [6.45, 7) is 4.82. The first kappa shape index (κ1) is 19.3. The fraction of sp³-hybridized carbons (Fsp3) is 0.550. The fourth-order valence-electron chi connectivity index (χ4n) is 3.58. The van der Waals surface area contributed by atoms with E-state index in [9.17, 15) is 18.8 Å². The molecule has 1 saturated carbocycles. The monoisotopic (exact) mass is 375 g/mol. The Morgan fingerprint density at radius 1 is 1.26 bits per heavy atom. The van der Waals surface area contributed by atoms with E-state index in [1.165, 1.54) is 24.3 Å². The van der Waals surface area contributed by atoms with Crippen molar-refractivity contribution in [2.45, 2.75) is 45.1 Å². The van der Waals surface area contributed by atoms with Crippen LogP contribution in [0.4, 0.5) is 9.18 Å². The van der Waals surface area contributed by atoms with Crippen LogP contribution < -0.4 is 5.32 Å². The summed E-state index contributed by atoms with van der Waals surface area (Å²) in [5.41, 5.74) is -0.736. The molecule has 4 amide bonds. The Morgan fingerprint density at radius 2 is 1.93 bits per heavy atom. The summed E-state index contributed by atoms with van der Waals surface area (Å²) >= 11 is 0. The molecule has 1 atom stereocenters. The number of halogens is 1. The van der Waals surface area contributed by atoms with Crippen molar-refractivity contribution in [3.63, 3.8) is 0 Å². The number of nitrogens with zero attached hydrogens (tertiary/aromatic N) is 2. The van der Waals surface area contributed by atoms with E-state index in [2.05, 4.69) is 5.32 Å². The highest BCUT2D eigenvalue weighted by Gasteiger charge is 2.51. The highest BCUT2D eigenvalue weighted by atomic mass is 19.1. The standard InChI is InChI=1S/C20H26FN3O3/c1-3-11-23(12-14-5-6-14)17(25)13-24-18(26)20(4-2,22-19(24)27)15-7-9-16(21)10-8-15/h7-10,14H,3-6,11-13H2,1-2H3,(H,22,27)/t20-/m1/s1. The van der Waals surface area contributed by atoms with Gasteiger partial charge in [-0.3, -0.25) is 14.5 Å². The van der Waals surface area contributed by atoms with Gasteiger partial charge >= 0.3 is 6.03 Å². The van der Waals surface area contributed by atoms with Gasteiger partial charge in [-0.25, -0.2) is 9.18 Å². The van der Waals surface area contributed by atoms with Crippen molar-refractivity contribution in [1.29, 1.82) is 0 Å². The molecule has 1 aliphatic heterocycles. The van der Waals surface area contributed by atoms with Crippen LogP contribution in [-0.2, 0) is 15.1 Å². The average Bonchev–Trinajstić information content (AvgIpc) is 3.44. The number of hydrogen-bond acceptors (Lipinski definition) is 3. The molecule has 6 nitrogen and oxygen atoms in total. The molecule has 27 heavy (non-hydrogen) atoms. The van der Waals surface area contributed by atoms with E-state index in [1.54, 1.807) is 11.8 Å². The summed E-state index contributed by atoms with van der Waals surface area (Å²) in [6, 6.07) is 4.94. The van der Waals surface area contributed by atoms with Crippen LogP contribution in [0.1, 0.15) is 45.1 Å². The lowest BCUT2D eigenvalue weighted by atomic mass is 9.87. The first-order chi connectivity index (χ1) is 12.9. The van der Waals surface area contributed by atoms with Gasteiger partial charge in [0, 0.05) is 13.1 Å². The second kappa shape index (κ2) is 7.66. The lowest BCUT2D eigenvalue weighted by Gasteiger charge is -2.27. The van der Waals surface area contributed by atoms with Gasteiger partial charge in [0.2, 0.25) is 5.91 Å². The molecule has 2 aliphatic rings. The summed E-state index contributed by atoms with van der Waals surface area (Å²) in [5, 5.41) is 2.73. The van der Waals surface area contributed by atoms with Gasteiger partial charge in [0.15, 0.2) is 0 Å². The summed E-state index contributed by atoms with van der Waals surface area (Å²) < 4.78 is 13.3. The molecule has 146 valence electrons. The van der Waals surface area contributed by atoms with Crippen LogP contribution >= 0.6 is 0 Å². The Labute approximate surface area is 158 Å². The van der Waals surface area contributed by atoms with Crippen LogP contribution in [0.2, 0.25) is 0 Å². The van der Waals surface area contributed by atoms with Gasteiger partial charge in [0.25, 0.3) is 5.91 Å². The zero-order valence-electron chi connectivity index (χ0n) is 15.8. The number of hydrogen-bond donors (Lipinski definition) is 1. The smallest absolute Gasteiger partial charge is 0.325 e. The van der Waals surface area contributed by atoms with Crippen molar-refractivity contribution in [3.8, 4) is 0 Å². The van der Waals surface area contributed by atoms with E-state index >= 15 is 0 Å².